The fraction of sp³-hybridized carbons (Fsp3) is 0.118. The first-order chi connectivity index (χ1) is 10.2. The van der Waals surface area contributed by atoms with Crippen LogP contribution in [-0.2, 0) is 0 Å². The van der Waals surface area contributed by atoms with Crippen molar-refractivity contribution in [3.8, 4) is 0 Å². The summed E-state index contributed by atoms with van der Waals surface area (Å²) < 4.78 is 0. The van der Waals surface area contributed by atoms with Gasteiger partial charge in [0.15, 0.2) is 0 Å². The van der Waals surface area contributed by atoms with Gasteiger partial charge in [-0.25, -0.2) is 4.79 Å². The van der Waals surface area contributed by atoms with Crippen molar-refractivity contribution in [1.29, 1.82) is 0 Å². The van der Waals surface area contributed by atoms with Crippen molar-refractivity contribution >= 4 is 33.8 Å². The van der Waals surface area contributed by atoms with Crippen molar-refractivity contribution in [3.63, 3.8) is 0 Å². The number of carboxylic acid groups (broad SMARTS) is 1. The first kappa shape index (κ1) is 13.6. The minimum absolute atomic E-state index is 0.184. The van der Waals surface area contributed by atoms with Gasteiger partial charge in [0.2, 0.25) is 0 Å². The molecule has 3 rings (SSSR count). The summed E-state index contributed by atoms with van der Waals surface area (Å²) in [5.74, 6) is -0.899. The lowest BCUT2D eigenvalue weighted by atomic mass is 10.0. The molecular formula is C17H15NO2S. The Morgan fingerprint density at radius 1 is 1.10 bits per heavy atom. The monoisotopic (exact) mass is 297 g/mol. The van der Waals surface area contributed by atoms with Crippen molar-refractivity contribution in [2.75, 3.05) is 5.32 Å². The van der Waals surface area contributed by atoms with Gasteiger partial charge in [0, 0.05) is 16.0 Å². The summed E-state index contributed by atoms with van der Waals surface area (Å²) in [6, 6.07) is 15.4. The van der Waals surface area contributed by atoms with E-state index in [-0.39, 0.29) is 6.04 Å². The van der Waals surface area contributed by atoms with Gasteiger partial charge in [-0.15, -0.1) is 11.3 Å². The molecular weight excluding hydrogens is 282 g/mol. The molecule has 0 saturated carbocycles. The van der Waals surface area contributed by atoms with Crippen LogP contribution in [0.3, 0.4) is 0 Å². The van der Waals surface area contributed by atoms with Crippen LogP contribution in [0.15, 0.2) is 53.9 Å². The molecule has 1 unspecified atom stereocenters. The van der Waals surface area contributed by atoms with Crippen LogP contribution in [0.5, 0.6) is 0 Å². The van der Waals surface area contributed by atoms with Crippen LogP contribution in [-0.4, -0.2) is 11.1 Å². The van der Waals surface area contributed by atoms with Crippen LogP contribution in [0.25, 0.3) is 10.8 Å². The molecule has 0 radical (unpaired) electrons. The van der Waals surface area contributed by atoms with Crippen molar-refractivity contribution in [2.45, 2.75) is 13.0 Å². The van der Waals surface area contributed by atoms with E-state index < -0.39 is 5.97 Å². The molecule has 1 aromatic heterocycles. The minimum Gasteiger partial charge on any atom is -0.478 e. The molecule has 0 spiro atoms. The summed E-state index contributed by atoms with van der Waals surface area (Å²) in [7, 11) is 0. The van der Waals surface area contributed by atoms with E-state index in [4.69, 9.17) is 0 Å². The molecule has 4 heteroatoms. The topological polar surface area (TPSA) is 49.3 Å². The molecule has 0 fully saturated rings. The van der Waals surface area contributed by atoms with E-state index in [9.17, 15) is 9.90 Å². The van der Waals surface area contributed by atoms with Crippen molar-refractivity contribution < 1.29 is 9.90 Å². The third-order valence-electron chi connectivity index (χ3n) is 3.50. The van der Waals surface area contributed by atoms with Gasteiger partial charge >= 0.3 is 5.97 Å². The lowest BCUT2D eigenvalue weighted by Crippen LogP contribution is -2.06. The summed E-state index contributed by atoms with van der Waals surface area (Å²) >= 11 is 1.71. The summed E-state index contributed by atoms with van der Waals surface area (Å²) in [5.41, 5.74) is 1.29. The maximum absolute atomic E-state index is 11.3. The van der Waals surface area contributed by atoms with Gasteiger partial charge in [0.05, 0.1) is 11.6 Å². The van der Waals surface area contributed by atoms with Crippen LogP contribution in [0.4, 0.5) is 5.69 Å². The number of thiophene rings is 1. The standard InChI is InChI=1S/C17H15NO2S/c1-11(16-7-4-10-21-16)18-15-9-8-14(17(19)20)12-5-2-3-6-13(12)15/h2-11,18H,1H3,(H,19,20). The van der Waals surface area contributed by atoms with E-state index in [0.29, 0.717) is 5.56 Å². The highest BCUT2D eigenvalue weighted by atomic mass is 32.1. The number of benzene rings is 2. The first-order valence-electron chi connectivity index (χ1n) is 6.72. The van der Waals surface area contributed by atoms with Crippen molar-refractivity contribution in [1.82, 2.24) is 0 Å². The molecule has 3 nitrogen and oxygen atoms in total. The zero-order chi connectivity index (χ0) is 14.8. The van der Waals surface area contributed by atoms with Gasteiger partial charge in [-0.3, -0.25) is 0 Å². The lowest BCUT2D eigenvalue weighted by molar-refractivity contribution is 0.0699. The van der Waals surface area contributed by atoms with Crippen LogP contribution < -0.4 is 5.32 Å². The second-order valence-electron chi connectivity index (χ2n) is 4.89. The van der Waals surface area contributed by atoms with Gasteiger partial charge in [-0.2, -0.15) is 0 Å². The smallest absolute Gasteiger partial charge is 0.336 e. The van der Waals surface area contributed by atoms with E-state index in [1.807, 2.05) is 36.4 Å². The molecule has 21 heavy (non-hydrogen) atoms. The fourth-order valence-electron chi connectivity index (χ4n) is 2.45. The lowest BCUT2D eigenvalue weighted by Gasteiger charge is -2.16. The Hall–Kier alpha value is -2.33. The second-order valence-corrected chi connectivity index (χ2v) is 5.87. The van der Waals surface area contributed by atoms with Gasteiger partial charge in [0.25, 0.3) is 0 Å². The third kappa shape index (κ3) is 2.62. The van der Waals surface area contributed by atoms with E-state index in [0.717, 1.165) is 16.5 Å². The zero-order valence-corrected chi connectivity index (χ0v) is 12.4. The summed E-state index contributed by atoms with van der Waals surface area (Å²) in [5, 5.41) is 16.5. The van der Waals surface area contributed by atoms with Crippen LogP contribution in [0, 0.1) is 0 Å². The van der Waals surface area contributed by atoms with E-state index in [1.165, 1.54) is 4.88 Å². The second kappa shape index (κ2) is 5.58. The van der Waals surface area contributed by atoms with Crippen LogP contribution in [0.2, 0.25) is 0 Å². The fourth-order valence-corrected chi connectivity index (χ4v) is 3.19. The number of hydrogen-bond acceptors (Lipinski definition) is 3. The van der Waals surface area contributed by atoms with E-state index in [2.05, 4.69) is 23.7 Å². The van der Waals surface area contributed by atoms with Crippen LogP contribution in [0.1, 0.15) is 28.2 Å². The molecule has 2 N–H and O–H groups in total. The number of carboxylic acids is 1. The molecule has 1 heterocycles. The minimum atomic E-state index is -0.899. The predicted octanol–water partition coefficient (Wildman–Crippen LogP) is 4.77. The average Bonchev–Trinajstić information content (AvgIpc) is 3.01. The first-order valence-corrected chi connectivity index (χ1v) is 7.60. The molecule has 106 valence electrons. The number of fused-ring (bicyclic) bond motifs is 1. The third-order valence-corrected chi connectivity index (χ3v) is 4.55. The largest absolute Gasteiger partial charge is 0.478 e. The van der Waals surface area contributed by atoms with Crippen LogP contribution >= 0.6 is 11.3 Å². The normalized spacial score (nSPS) is 12.2. The Kier molecular flexibility index (Phi) is 3.62. The molecule has 0 bridgehead atoms. The Balaban J connectivity index is 2.04. The number of nitrogens with one attached hydrogen (secondary N) is 1. The Bertz CT molecular complexity index is 781. The molecule has 3 aromatic rings. The number of rotatable bonds is 4. The Labute approximate surface area is 126 Å². The summed E-state index contributed by atoms with van der Waals surface area (Å²) in [4.78, 5) is 12.6. The SMILES string of the molecule is CC(Nc1ccc(C(=O)O)c2ccccc12)c1cccs1. The number of hydrogen-bond donors (Lipinski definition) is 2. The molecule has 2 aromatic carbocycles. The molecule has 1 atom stereocenters. The summed E-state index contributed by atoms with van der Waals surface area (Å²) in [6.45, 7) is 2.10. The molecule has 0 amide bonds. The summed E-state index contributed by atoms with van der Waals surface area (Å²) in [6.07, 6.45) is 0. The van der Waals surface area contributed by atoms with Crippen molar-refractivity contribution in [3.05, 3.63) is 64.4 Å². The number of anilines is 1. The van der Waals surface area contributed by atoms with Gasteiger partial charge < -0.3 is 10.4 Å². The predicted molar refractivity (Wildman–Crippen MR) is 87.3 cm³/mol. The highest BCUT2D eigenvalue weighted by molar-refractivity contribution is 7.10. The maximum atomic E-state index is 11.3. The Morgan fingerprint density at radius 2 is 1.86 bits per heavy atom. The highest BCUT2D eigenvalue weighted by Crippen LogP contribution is 2.30. The zero-order valence-electron chi connectivity index (χ0n) is 11.5. The quantitative estimate of drug-likeness (QED) is 0.729. The maximum Gasteiger partial charge on any atom is 0.336 e. The van der Waals surface area contributed by atoms with Gasteiger partial charge in [-0.1, -0.05) is 30.3 Å². The van der Waals surface area contributed by atoms with Crippen molar-refractivity contribution in [2.24, 2.45) is 0 Å². The van der Waals surface area contributed by atoms with Gasteiger partial charge in [-0.05, 0) is 35.9 Å². The molecule has 0 aliphatic carbocycles. The average molecular weight is 297 g/mol. The van der Waals surface area contributed by atoms with E-state index in [1.54, 1.807) is 17.4 Å². The number of aromatic carboxylic acids is 1. The Morgan fingerprint density at radius 3 is 2.52 bits per heavy atom. The molecule has 0 aliphatic heterocycles. The molecule has 0 aliphatic rings. The molecule has 0 saturated heterocycles. The number of carbonyl (C=O) groups is 1. The van der Waals surface area contributed by atoms with E-state index >= 15 is 0 Å². The highest BCUT2D eigenvalue weighted by Gasteiger charge is 2.13. The van der Waals surface area contributed by atoms with Gasteiger partial charge in [0.1, 0.15) is 0 Å².